The second kappa shape index (κ2) is 8.17. The fourth-order valence-electron chi connectivity index (χ4n) is 1.92. The number of ether oxygens (including phenoxy) is 3. The van der Waals surface area contributed by atoms with Crippen LogP contribution in [0.4, 0.5) is 4.39 Å². The van der Waals surface area contributed by atoms with Gasteiger partial charge in [-0.1, -0.05) is 30.3 Å². The molecule has 122 valence electrons. The number of carbonyl (C=O) groups is 1. The lowest BCUT2D eigenvalue weighted by Gasteiger charge is -2.14. The summed E-state index contributed by atoms with van der Waals surface area (Å²) in [6.07, 6.45) is -0.801. The SMILES string of the molecule is CCOC(=O)C(C)Oc1ccc(OCc2ccccc2)c(F)c1. The van der Waals surface area contributed by atoms with Crippen LogP contribution in [0.1, 0.15) is 19.4 Å². The highest BCUT2D eigenvalue weighted by Crippen LogP contribution is 2.24. The smallest absolute Gasteiger partial charge is 0.347 e. The Morgan fingerprint density at radius 1 is 1.17 bits per heavy atom. The third-order valence-corrected chi connectivity index (χ3v) is 3.07. The molecule has 0 heterocycles. The lowest BCUT2D eigenvalue weighted by atomic mass is 10.2. The summed E-state index contributed by atoms with van der Waals surface area (Å²) in [5.74, 6) is -0.660. The molecule has 0 N–H and O–H groups in total. The third kappa shape index (κ3) is 4.98. The standard InChI is InChI=1S/C18H19FO4/c1-3-21-18(20)13(2)23-15-9-10-17(16(19)11-15)22-12-14-7-5-4-6-8-14/h4-11,13H,3,12H2,1-2H3. The molecule has 2 rings (SSSR count). The van der Waals surface area contributed by atoms with Crippen molar-refractivity contribution in [2.45, 2.75) is 26.6 Å². The van der Waals surface area contributed by atoms with E-state index < -0.39 is 17.9 Å². The van der Waals surface area contributed by atoms with Crippen molar-refractivity contribution in [3.63, 3.8) is 0 Å². The summed E-state index contributed by atoms with van der Waals surface area (Å²) >= 11 is 0. The summed E-state index contributed by atoms with van der Waals surface area (Å²) in [7, 11) is 0. The fourth-order valence-corrected chi connectivity index (χ4v) is 1.92. The van der Waals surface area contributed by atoms with Crippen LogP contribution in [-0.2, 0) is 16.1 Å². The van der Waals surface area contributed by atoms with E-state index in [1.54, 1.807) is 19.9 Å². The number of rotatable bonds is 7. The van der Waals surface area contributed by atoms with Crippen LogP contribution in [0.5, 0.6) is 11.5 Å². The number of carbonyl (C=O) groups excluding carboxylic acids is 1. The van der Waals surface area contributed by atoms with Crippen LogP contribution in [-0.4, -0.2) is 18.7 Å². The minimum atomic E-state index is -0.801. The molecule has 0 saturated heterocycles. The zero-order valence-corrected chi connectivity index (χ0v) is 13.1. The van der Waals surface area contributed by atoms with Crippen molar-refractivity contribution < 1.29 is 23.4 Å². The number of esters is 1. The van der Waals surface area contributed by atoms with E-state index in [-0.39, 0.29) is 24.7 Å². The van der Waals surface area contributed by atoms with Gasteiger partial charge in [-0.2, -0.15) is 0 Å². The normalized spacial score (nSPS) is 11.6. The zero-order chi connectivity index (χ0) is 16.7. The minimum absolute atomic E-state index is 0.130. The molecule has 0 aliphatic heterocycles. The molecule has 4 nitrogen and oxygen atoms in total. The topological polar surface area (TPSA) is 44.8 Å². The van der Waals surface area contributed by atoms with Crippen LogP contribution in [0.25, 0.3) is 0 Å². The van der Waals surface area contributed by atoms with Gasteiger partial charge in [0.15, 0.2) is 17.7 Å². The Bertz CT molecular complexity index is 643. The molecule has 1 atom stereocenters. The van der Waals surface area contributed by atoms with E-state index in [9.17, 15) is 9.18 Å². The predicted molar refractivity (Wildman–Crippen MR) is 83.9 cm³/mol. The summed E-state index contributed by atoms with van der Waals surface area (Å²) in [4.78, 5) is 11.5. The van der Waals surface area contributed by atoms with Crippen molar-refractivity contribution in [2.24, 2.45) is 0 Å². The second-order valence-corrected chi connectivity index (χ2v) is 4.88. The molecule has 23 heavy (non-hydrogen) atoms. The van der Waals surface area contributed by atoms with E-state index >= 15 is 0 Å². The average Bonchev–Trinajstić information content (AvgIpc) is 2.55. The predicted octanol–water partition coefficient (Wildman–Crippen LogP) is 3.74. The first-order valence-electron chi connectivity index (χ1n) is 7.39. The van der Waals surface area contributed by atoms with Gasteiger partial charge in [0.05, 0.1) is 6.61 Å². The Balaban J connectivity index is 1.96. The van der Waals surface area contributed by atoms with E-state index in [2.05, 4.69) is 0 Å². The molecule has 0 aliphatic carbocycles. The summed E-state index contributed by atoms with van der Waals surface area (Å²) in [6, 6.07) is 13.7. The van der Waals surface area contributed by atoms with Crippen molar-refractivity contribution in [2.75, 3.05) is 6.61 Å². The van der Waals surface area contributed by atoms with E-state index in [0.29, 0.717) is 0 Å². The van der Waals surface area contributed by atoms with E-state index in [4.69, 9.17) is 14.2 Å². The average molecular weight is 318 g/mol. The van der Waals surface area contributed by atoms with Crippen LogP contribution in [0.15, 0.2) is 48.5 Å². The van der Waals surface area contributed by atoms with Crippen molar-refractivity contribution >= 4 is 5.97 Å². The van der Waals surface area contributed by atoms with Crippen LogP contribution in [0.2, 0.25) is 0 Å². The van der Waals surface area contributed by atoms with Gasteiger partial charge >= 0.3 is 5.97 Å². The molecule has 1 unspecified atom stereocenters. The van der Waals surface area contributed by atoms with Crippen molar-refractivity contribution in [3.05, 3.63) is 59.9 Å². The molecule has 0 bridgehead atoms. The molecule has 0 radical (unpaired) electrons. The molecule has 0 spiro atoms. The largest absolute Gasteiger partial charge is 0.486 e. The third-order valence-electron chi connectivity index (χ3n) is 3.07. The van der Waals surface area contributed by atoms with Gasteiger partial charge < -0.3 is 14.2 Å². The molecule has 2 aromatic rings. The van der Waals surface area contributed by atoms with Gasteiger partial charge in [0.2, 0.25) is 0 Å². The quantitative estimate of drug-likeness (QED) is 0.730. The highest BCUT2D eigenvalue weighted by Gasteiger charge is 2.16. The Labute approximate surface area is 134 Å². The molecule has 0 aromatic heterocycles. The second-order valence-electron chi connectivity index (χ2n) is 4.88. The Morgan fingerprint density at radius 2 is 1.91 bits per heavy atom. The van der Waals surface area contributed by atoms with Crippen molar-refractivity contribution in [1.82, 2.24) is 0 Å². The van der Waals surface area contributed by atoms with E-state index in [1.165, 1.54) is 12.1 Å². The van der Waals surface area contributed by atoms with Crippen molar-refractivity contribution in [1.29, 1.82) is 0 Å². The Morgan fingerprint density at radius 3 is 2.57 bits per heavy atom. The maximum absolute atomic E-state index is 14.0. The summed E-state index contributed by atoms with van der Waals surface area (Å²) in [5.41, 5.74) is 0.947. The molecular formula is C18H19FO4. The molecule has 0 fully saturated rings. The lowest BCUT2D eigenvalue weighted by Crippen LogP contribution is -2.26. The maximum atomic E-state index is 14.0. The minimum Gasteiger partial charge on any atom is -0.486 e. The monoisotopic (exact) mass is 318 g/mol. The van der Waals surface area contributed by atoms with Gasteiger partial charge in [-0.25, -0.2) is 9.18 Å². The van der Waals surface area contributed by atoms with Crippen LogP contribution < -0.4 is 9.47 Å². The van der Waals surface area contributed by atoms with Gasteiger partial charge in [-0.15, -0.1) is 0 Å². The summed E-state index contributed by atoms with van der Waals surface area (Å²) in [5, 5.41) is 0. The van der Waals surface area contributed by atoms with Gasteiger partial charge in [-0.3, -0.25) is 0 Å². The first kappa shape index (κ1) is 16.8. The Kier molecular flexibility index (Phi) is 5.97. The molecule has 0 aliphatic rings. The van der Waals surface area contributed by atoms with Crippen molar-refractivity contribution in [3.8, 4) is 11.5 Å². The van der Waals surface area contributed by atoms with Gasteiger partial charge in [0.1, 0.15) is 12.4 Å². The van der Waals surface area contributed by atoms with Gasteiger partial charge in [0, 0.05) is 6.07 Å². The highest BCUT2D eigenvalue weighted by atomic mass is 19.1. The summed E-state index contributed by atoms with van der Waals surface area (Å²) < 4.78 is 29.7. The number of hydrogen-bond acceptors (Lipinski definition) is 4. The Hall–Kier alpha value is -2.56. The number of hydrogen-bond donors (Lipinski definition) is 0. The molecule has 0 saturated carbocycles. The van der Waals surface area contributed by atoms with Crippen LogP contribution in [0.3, 0.4) is 0 Å². The molecule has 5 heteroatoms. The molecule has 2 aromatic carbocycles. The van der Waals surface area contributed by atoms with E-state index in [0.717, 1.165) is 5.56 Å². The first-order valence-corrected chi connectivity index (χ1v) is 7.39. The molecular weight excluding hydrogens is 299 g/mol. The first-order chi connectivity index (χ1) is 11.1. The molecule has 0 amide bonds. The van der Waals surface area contributed by atoms with Gasteiger partial charge in [0.25, 0.3) is 0 Å². The zero-order valence-electron chi connectivity index (χ0n) is 13.1. The number of halogens is 1. The van der Waals surface area contributed by atoms with Crippen LogP contribution in [0, 0.1) is 5.82 Å². The van der Waals surface area contributed by atoms with E-state index in [1.807, 2.05) is 30.3 Å². The van der Waals surface area contributed by atoms with Gasteiger partial charge in [-0.05, 0) is 31.5 Å². The fraction of sp³-hybridized carbons (Fsp3) is 0.278. The number of benzene rings is 2. The lowest BCUT2D eigenvalue weighted by molar-refractivity contribution is -0.150. The maximum Gasteiger partial charge on any atom is 0.347 e. The highest BCUT2D eigenvalue weighted by molar-refractivity contribution is 5.74. The van der Waals surface area contributed by atoms with Crippen LogP contribution >= 0.6 is 0 Å². The summed E-state index contributed by atoms with van der Waals surface area (Å²) in [6.45, 7) is 3.81.